The highest BCUT2D eigenvalue weighted by molar-refractivity contribution is 7.89. The Hall–Kier alpha value is -2.46. The van der Waals surface area contributed by atoms with E-state index in [1.54, 1.807) is 18.2 Å². The third kappa shape index (κ3) is 5.02. The summed E-state index contributed by atoms with van der Waals surface area (Å²) >= 11 is 0. The third-order valence-electron chi connectivity index (χ3n) is 3.88. The highest BCUT2D eigenvalue weighted by atomic mass is 32.2. The molecule has 0 saturated carbocycles. The zero-order valence-corrected chi connectivity index (χ0v) is 14.9. The molecule has 9 nitrogen and oxygen atoms in total. The number of sulfonamides is 1. The van der Waals surface area contributed by atoms with Crippen molar-refractivity contribution in [1.82, 2.24) is 9.62 Å². The van der Waals surface area contributed by atoms with Crippen LogP contribution in [0.4, 0.5) is 0 Å². The number of nitrogens with one attached hydrogen (secondary N) is 1. The molecule has 1 heterocycles. The lowest BCUT2D eigenvalue weighted by atomic mass is 10.1. The molecule has 1 aromatic carbocycles. The standard InChI is InChI=1S/C16H21N3O6S/c17-14(20)10-18-15(21)11-25-16(22)13-8-4-5-9-19(13)26(23,24)12-6-2-1-3-7-12/h1-3,6-7,13H,4-5,8-11H2,(H2,17,20)(H,18,21)/t13-/m0/s1. The number of hydrogen-bond acceptors (Lipinski definition) is 6. The molecule has 0 aromatic heterocycles. The zero-order valence-electron chi connectivity index (χ0n) is 14.1. The first kappa shape index (κ1) is 19.9. The van der Waals surface area contributed by atoms with Crippen LogP contribution in [0.15, 0.2) is 35.2 Å². The SMILES string of the molecule is NC(=O)CNC(=O)COC(=O)[C@@H]1CCCCN1S(=O)(=O)c1ccccc1. The average Bonchev–Trinajstić information content (AvgIpc) is 2.65. The number of carbonyl (C=O) groups is 3. The van der Waals surface area contributed by atoms with Crippen LogP contribution < -0.4 is 11.1 Å². The molecule has 3 N–H and O–H groups in total. The van der Waals surface area contributed by atoms with Crippen LogP contribution in [-0.2, 0) is 29.1 Å². The smallest absolute Gasteiger partial charge is 0.324 e. The summed E-state index contributed by atoms with van der Waals surface area (Å²) in [6, 6.07) is 6.84. The van der Waals surface area contributed by atoms with Gasteiger partial charge in [-0.3, -0.25) is 14.4 Å². The number of benzene rings is 1. The predicted octanol–water partition coefficient (Wildman–Crippen LogP) is -0.625. The van der Waals surface area contributed by atoms with E-state index in [2.05, 4.69) is 5.32 Å². The number of nitrogens with zero attached hydrogens (tertiary/aromatic N) is 1. The second kappa shape index (κ2) is 8.77. The van der Waals surface area contributed by atoms with Gasteiger partial charge in [-0.1, -0.05) is 18.2 Å². The van der Waals surface area contributed by atoms with E-state index in [0.717, 1.165) is 4.31 Å². The van der Waals surface area contributed by atoms with Crippen molar-refractivity contribution in [3.8, 4) is 0 Å². The van der Waals surface area contributed by atoms with Gasteiger partial charge < -0.3 is 15.8 Å². The van der Waals surface area contributed by atoms with Gasteiger partial charge in [0.05, 0.1) is 11.4 Å². The number of carbonyl (C=O) groups excluding carboxylic acids is 3. The Kier molecular flexibility index (Phi) is 6.70. The lowest BCUT2D eigenvalue weighted by Crippen LogP contribution is -2.49. The van der Waals surface area contributed by atoms with E-state index in [1.165, 1.54) is 12.1 Å². The third-order valence-corrected chi connectivity index (χ3v) is 5.80. The molecular formula is C16H21N3O6S. The van der Waals surface area contributed by atoms with Gasteiger partial charge in [-0.05, 0) is 31.4 Å². The molecule has 1 aliphatic heterocycles. The second-order valence-corrected chi connectivity index (χ2v) is 7.68. The van der Waals surface area contributed by atoms with Crippen LogP contribution in [0.2, 0.25) is 0 Å². The molecule has 0 spiro atoms. The van der Waals surface area contributed by atoms with Crippen molar-refractivity contribution < 1.29 is 27.5 Å². The quantitative estimate of drug-likeness (QED) is 0.602. The van der Waals surface area contributed by atoms with Crippen LogP contribution >= 0.6 is 0 Å². The first-order valence-corrected chi connectivity index (χ1v) is 9.55. The van der Waals surface area contributed by atoms with Gasteiger partial charge in [-0.2, -0.15) is 4.31 Å². The van der Waals surface area contributed by atoms with Gasteiger partial charge in [0, 0.05) is 6.54 Å². The first-order valence-electron chi connectivity index (χ1n) is 8.11. The Balaban J connectivity index is 2.05. The number of ether oxygens (including phenoxy) is 1. The van der Waals surface area contributed by atoms with Crippen LogP contribution in [0.5, 0.6) is 0 Å². The largest absolute Gasteiger partial charge is 0.454 e. The predicted molar refractivity (Wildman–Crippen MR) is 91.1 cm³/mol. The van der Waals surface area contributed by atoms with E-state index in [-0.39, 0.29) is 18.0 Å². The summed E-state index contributed by atoms with van der Waals surface area (Å²) in [5, 5.41) is 2.19. The lowest BCUT2D eigenvalue weighted by Gasteiger charge is -2.32. The topological polar surface area (TPSA) is 136 Å². The van der Waals surface area contributed by atoms with Crippen molar-refractivity contribution in [3.05, 3.63) is 30.3 Å². The molecule has 1 atom stereocenters. The molecule has 26 heavy (non-hydrogen) atoms. The van der Waals surface area contributed by atoms with Crippen molar-refractivity contribution in [1.29, 1.82) is 0 Å². The summed E-state index contributed by atoms with van der Waals surface area (Å²) in [6.45, 7) is -0.777. The van der Waals surface area contributed by atoms with Crippen molar-refractivity contribution in [3.63, 3.8) is 0 Å². The fourth-order valence-corrected chi connectivity index (χ4v) is 4.29. The lowest BCUT2D eigenvalue weighted by molar-refractivity contribution is -0.153. The van der Waals surface area contributed by atoms with Gasteiger partial charge in [0.15, 0.2) is 6.61 Å². The minimum Gasteiger partial charge on any atom is -0.454 e. The van der Waals surface area contributed by atoms with Crippen LogP contribution in [0.25, 0.3) is 0 Å². The molecule has 2 amide bonds. The Morgan fingerprint density at radius 2 is 1.88 bits per heavy atom. The van der Waals surface area contributed by atoms with E-state index in [9.17, 15) is 22.8 Å². The van der Waals surface area contributed by atoms with Crippen molar-refractivity contribution >= 4 is 27.8 Å². The summed E-state index contributed by atoms with van der Waals surface area (Å²) in [5.74, 6) is -2.21. The van der Waals surface area contributed by atoms with Gasteiger partial charge in [-0.15, -0.1) is 0 Å². The number of amides is 2. The minimum absolute atomic E-state index is 0.0962. The first-order chi connectivity index (χ1) is 12.3. The summed E-state index contributed by atoms with van der Waals surface area (Å²) < 4.78 is 31.7. The maximum absolute atomic E-state index is 12.8. The van der Waals surface area contributed by atoms with Crippen LogP contribution in [0.3, 0.4) is 0 Å². The number of hydrogen-bond donors (Lipinski definition) is 2. The van der Waals surface area contributed by atoms with Gasteiger partial charge in [-0.25, -0.2) is 8.42 Å². The maximum Gasteiger partial charge on any atom is 0.324 e. The molecular weight excluding hydrogens is 362 g/mol. The van der Waals surface area contributed by atoms with Crippen LogP contribution in [-0.4, -0.2) is 56.2 Å². The molecule has 10 heteroatoms. The second-order valence-electron chi connectivity index (χ2n) is 5.79. The Labute approximate surface area is 151 Å². The highest BCUT2D eigenvalue weighted by Crippen LogP contribution is 2.26. The zero-order chi connectivity index (χ0) is 19.2. The number of primary amides is 1. The molecule has 1 saturated heterocycles. The van der Waals surface area contributed by atoms with Crippen LogP contribution in [0, 0.1) is 0 Å². The Morgan fingerprint density at radius 3 is 2.54 bits per heavy atom. The van der Waals surface area contributed by atoms with Crippen molar-refractivity contribution in [2.24, 2.45) is 5.73 Å². The summed E-state index contributed by atoms with van der Waals surface area (Å²) in [5.41, 5.74) is 4.90. The van der Waals surface area contributed by atoms with Crippen molar-refractivity contribution in [2.45, 2.75) is 30.2 Å². The fraction of sp³-hybridized carbons (Fsp3) is 0.438. The Bertz CT molecular complexity index is 765. The molecule has 0 unspecified atom stereocenters. The van der Waals surface area contributed by atoms with Gasteiger partial charge in [0.2, 0.25) is 15.9 Å². The highest BCUT2D eigenvalue weighted by Gasteiger charge is 2.38. The van der Waals surface area contributed by atoms with E-state index in [4.69, 9.17) is 10.5 Å². The van der Waals surface area contributed by atoms with Gasteiger partial charge in [0.25, 0.3) is 5.91 Å². The van der Waals surface area contributed by atoms with Gasteiger partial charge in [0.1, 0.15) is 6.04 Å². The maximum atomic E-state index is 12.8. The molecule has 0 bridgehead atoms. The summed E-state index contributed by atoms with van der Waals surface area (Å²) in [7, 11) is -3.85. The Morgan fingerprint density at radius 1 is 1.19 bits per heavy atom. The van der Waals surface area contributed by atoms with Crippen LogP contribution in [0.1, 0.15) is 19.3 Å². The molecule has 1 aliphatic rings. The van der Waals surface area contributed by atoms with E-state index in [0.29, 0.717) is 19.3 Å². The van der Waals surface area contributed by atoms with Gasteiger partial charge >= 0.3 is 5.97 Å². The number of piperidine rings is 1. The molecule has 1 aromatic rings. The molecule has 1 fully saturated rings. The normalized spacial score (nSPS) is 18.1. The summed E-state index contributed by atoms with van der Waals surface area (Å²) in [6.07, 6.45) is 1.62. The number of nitrogens with two attached hydrogens (primary N) is 1. The van der Waals surface area contributed by atoms with E-state index in [1.807, 2.05) is 0 Å². The average molecular weight is 383 g/mol. The molecule has 2 rings (SSSR count). The van der Waals surface area contributed by atoms with E-state index < -0.39 is 40.5 Å². The number of esters is 1. The fourth-order valence-electron chi connectivity index (χ4n) is 2.63. The molecule has 0 radical (unpaired) electrons. The number of rotatable bonds is 7. The molecule has 0 aliphatic carbocycles. The monoisotopic (exact) mass is 383 g/mol. The molecule has 142 valence electrons. The van der Waals surface area contributed by atoms with E-state index >= 15 is 0 Å². The summed E-state index contributed by atoms with van der Waals surface area (Å²) in [4.78, 5) is 34.5. The van der Waals surface area contributed by atoms with Crippen molar-refractivity contribution in [2.75, 3.05) is 19.7 Å². The minimum atomic E-state index is -3.85.